The molecule has 0 N–H and O–H groups in total. The zero-order valence-corrected chi connectivity index (χ0v) is 11.6. The van der Waals surface area contributed by atoms with E-state index in [1.54, 1.807) is 18.2 Å². The molecule has 0 saturated carbocycles. The Hall–Kier alpha value is -1.25. The Kier molecular flexibility index (Phi) is 3.38. The van der Waals surface area contributed by atoms with E-state index < -0.39 is 0 Å². The molecule has 0 saturated heterocycles. The van der Waals surface area contributed by atoms with E-state index in [9.17, 15) is 4.39 Å². The fraction of sp³-hybridized carbons (Fsp3) is 0.200. The SMILES string of the molecule is Fc1cc2c(c(-c3c(Cl)cccc3Cl)c1)OCCC2. The predicted molar refractivity (Wildman–Crippen MR) is 75.7 cm³/mol. The normalized spacial score (nSPS) is 13.8. The highest BCUT2D eigenvalue weighted by molar-refractivity contribution is 6.39. The minimum absolute atomic E-state index is 0.296. The molecule has 19 heavy (non-hydrogen) atoms. The highest BCUT2D eigenvalue weighted by Crippen LogP contribution is 2.43. The molecular formula is C15H11Cl2FO. The Balaban J connectivity index is 2.28. The maximum atomic E-state index is 13.8. The van der Waals surface area contributed by atoms with Crippen LogP contribution in [0, 0.1) is 5.82 Å². The van der Waals surface area contributed by atoms with Crippen molar-refractivity contribution >= 4 is 23.2 Å². The Labute approximate surface area is 120 Å². The van der Waals surface area contributed by atoms with Gasteiger partial charge in [0.05, 0.1) is 16.7 Å². The highest BCUT2D eigenvalue weighted by Gasteiger charge is 2.20. The molecule has 0 bridgehead atoms. The van der Waals surface area contributed by atoms with Gasteiger partial charge in [0.25, 0.3) is 0 Å². The van der Waals surface area contributed by atoms with Crippen LogP contribution in [0.25, 0.3) is 11.1 Å². The van der Waals surface area contributed by atoms with Crippen LogP contribution in [0.4, 0.5) is 4.39 Å². The van der Waals surface area contributed by atoms with Crippen molar-refractivity contribution in [1.29, 1.82) is 0 Å². The van der Waals surface area contributed by atoms with Crippen LogP contribution >= 0.6 is 23.2 Å². The molecule has 0 amide bonds. The van der Waals surface area contributed by atoms with Gasteiger partial charge < -0.3 is 4.74 Å². The third-order valence-electron chi connectivity index (χ3n) is 3.20. The van der Waals surface area contributed by atoms with Gasteiger partial charge in [-0.2, -0.15) is 0 Å². The molecule has 0 unspecified atom stereocenters. The van der Waals surface area contributed by atoms with Crippen molar-refractivity contribution in [3.63, 3.8) is 0 Å². The maximum Gasteiger partial charge on any atom is 0.130 e. The first-order chi connectivity index (χ1) is 9.16. The summed E-state index contributed by atoms with van der Waals surface area (Å²) in [4.78, 5) is 0. The van der Waals surface area contributed by atoms with Gasteiger partial charge in [0, 0.05) is 11.1 Å². The number of rotatable bonds is 1. The molecule has 0 aromatic heterocycles. The van der Waals surface area contributed by atoms with Crippen molar-refractivity contribution in [2.75, 3.05) is 6.61 Å². The Morgan fingerprint density at radius 2 is 1.84 bits per heavy atom. The van der Waals surface area contributed by atoms with E-state index in [-0.39, 0.29) is 5.82 Å². The van der Waals surface area contributed by atoms with Gasteiger partial charge in [0.2, 0.25) is 0 Å². The van der Waals surface area contributed by atoms with Crippen LogP contribution in [-0.4, -0.2) is 6.61 Å². The average Bonchev–Trinajstić information content (AvgIpc) is 2.38. The molecule has 1 aliphatic heterocycles. The molecule has 0 atom stereocenters. The van der Waals surface area contributed by atoms with E-state index in [1.807, 2.05) is 0 Å². The lowest BCUT2D eigenvalue weighted by molar-refractivity contribution is 0.289. The highest BCUT2D eigenvalue weighted by atomic mass is 35.5. The van der Waals surface area contributed by atoms with Gasteiger partial charge in [-0.25, -0.2) is 4.39 Å². The number of halogens is 3. The van der Waals surface area contributed by atoms with Crippen LogP contribution in [0.2, 0.25) is 10.0 Å². The molecule has 1 heterocycles. The molecule has 0 radical (unpaired) electrons. The quantitative estimate of drug-likeness (QED) is 0.709. The Morgan fingerprint density at radius 1 is 1.11 bits per heavy atom. The number of hydrogen-bond acceptors (Lipinski definition) is 1. The molecular weight excluding hydrogens is 286 g/mol. The van der Waals surface area contributed by atoms with Crippen LogP contribution in [0.3, 0.4) is 0 Å². The van der Waals surface area contributed by atoms with Crippen LogP contribution < -0.4 is 4.74 Å². The molecule has 1 aliphatic rings. The van der Waals surface area contributed by atoms with Crippen LogP contribution in [0.15, 0.2) is 30.3 Å². The summed E-state index contributed by atoms with van der Waals surface area (Å²) in [6.07, 6.45) is 1.70. The first-order valence-electron chi connectivity index (χ1n) is 6.06. The van der Waals surface area contributed by atoms with Crippen LogP contribution in [-0.2, 0) is 6.42 Å². The molecule has 0 aliphatic carbocycles. The van der Waals surface area contributed by atoms with Crippen molar-refractivity contribution in [2.24, 2.45) is 0 Å². The van der Waals surface area contributed by atoms with E-state index in [1.165, 1.54) is 12.1 Å². The third-order valence-corrected chi connectivity index (χ3v) is 3.83. The largest absolute Gasteiger partial charge is 0.493 e. The summed E-state index contributed by atoms with van der Waals surface area (Å²) in [5.41, 5.74) is 2.13. The van der Waals surface area contributed by atoms with Gasteiger partial charge in [-0.1, -0.05) is 29.3 Å². The minimum Gasteiger partial charge on any atom is -0.493 e. The fourth-order valence-corrected chi connectivity index (χ4v) is 2.98. The molecule has 98 valence electrons. The lowest BCUT2D eigenvalue weighted by atomic mass is 9.97. The summed E-state index contributed by atoms with van der Waals surface area (Å²) in [6.45, 7) is 0.633. The predicted octanol–water partition coefficient (Wildman–Crippen LogP) is 5.12. The van der Waals surface area contributed by atoms with Crippen molar-refractivity contribution in [2.45, 2.75) is 12.8 Å². The van der Waals surface area contributed by atoms with Gasteiger partial charge in [-0.05, 0) is 42.7 Å². The van der Waals surface area contributed by atoms with E-state index >= 15 is 0 Å². The number of fused-ring (bicyclic) bond motifs is 1. The first kappa shape index (κ1) is 12.8. The van der Waals surface area contributed by atoms with Crippen molar-refractivity contribution < 1.29 is 9.13 Å². The second-order valence-corrected chi connectivity index (χ2v) is 5.30. The summed E-state index contributed by atoms with van der Waals surface area (Å²) in [7, 11) is 0. The minimum atomic E-state index is -0.296. The fourth-order valence-electron chi connectivity index (χ4n) is 2.38. The van der Waals surface area contributed by atoms with Crippen LogP contribution in [0.5, 0.6) is 5.75 Å². The summed E-state index contributed by atoms with van der Waals surface area (Å²) in [5, 5.41) is 0.990. The lowest BCUT2D eigenvalue weighted by Gasteiger charge is -2.21. The van der Waals surface area contributed by atoms with Gasteiger partial charge >= 0.3 is 0 Å². The van der Waals surface area contributed by atoms with E-state index in [4.69, 9.17) is 27.9 Å². The molecule has 4 heteroatoms. The monoisotopic (exact) mass is 296 g/mol. The van der Waals surface area contributed by atoms with E-state index in [2.05, 4.69) is 0 Å². The van der Waals surface area contributed by atoms with Crippen molar-refractivity contribution in [1.82, 2.24) is 0 Å². The molecule has 0 spiro atoms. The van der Waals surface area contributed by atoms with Gasteiger partial charge in [0.1, 0.15) is 11.6 Å². The Bertz CT molecular complexity index is 620. The number of aryl methyl sites for hydroxylation is 1. The van der Waals surface area contributed by atoms with Gasteiger partial charge in [-0.15, -0.1) is 0 Å². The zero-order valence-electron chi connectivity index (χ0n) is 10.1. The standard InChI is InChI=1S/C15H11Cl2FO/c16-12-4-1-5-13(17)14(12)11-8-10(18)7-9-3-2-6-19-15(9)11/h1,4-5,7-8H,2-3,6H2. The maximum absolute atomic E-state index is 13.8. The molecule has 1 nitrogen and oxygen atoms in total. The molecule has 2 aromatic rings. The van der Waals surface area contributed by atoms with Gasteiger partial charge in [0.15, 0.2) is 0 Å². The van der Waals surface area contributed by atoms with Gasteiger partial charge in [-0.3, -0.25) is 0 Å². The Morgan fingerprint density at radius 3 is 2.58 bits per heavy atom. The number of hydrogen-bond donors (Lipinski definition) is 0. The molecule has 0 fully saturated rings. The van der Waals surface area contributed by atoms with Crippen LogP contribution in [0.1, 0.15) is 12.0 Å². The lowest BCUT2D eigenvalue weighted by Crippen LogP contribution is -2.10. The first-order valence-corrected chi connectivity index (χ1v) is 6.82. The molecule has 2 aromatic carbocycles. The summed E-state index contributed by atoms with van der Waals surface area (Å²) in [5.74, 6) is 0.401. The second-order valence-electron chi connectivity index (χ2n) is 4.49. The molecule has 3 rings (SSSR count). The summed E-state index contributed by atoms with van der Waals surface area (Å²) < 4.78 is 19.5. The second kappa shape index (κ2) is 5.03. The number of ether oxygens (including phenoxy) is 1. The zero-order chi connectivity index (χ0) is 13.4. The van der Waals surface area contributed by atoms with Crippen molar-refractivity contribution in [3.05, 3.63) is 51.8 Å². The number of benzene rings is 2. The topological polar surface area (TPSA) is 9.23 Å². The summed E-state index contributed by atoms with van der Waals surface area (Å²) in [6, 6.07) is 8.19. The summed E-state index contributed by atoms with van der Waals surface area (Å²) >= 11 is 12.4. The van der Waals surface area contributed by atoms with E-state index in [0.29, 0.717) is 33.5 Å². The third kappa shape index (κ3) is 2.31. The van der Waals surface area contributed by atoms with E-state index in [0.717, 1.165) is 18.4 Å². The smallest absolute Gasteiger partial charge is 0.130 e. The van der Waals surface area contributed by atoms with Crippen molar-refractivity contribution in [3.8, 4) is 16.9 Å². The average molecular weight is 297 g/mol.